The lowest BCUT2D eigenvalue weighted by molar-refractivity contribution is 0.566. The summed E-state index contributed by atoms with van der Waals surface area (Å²) in [6, 6.07) is 3.82. The molecule has 0 fully saturated rings. The minimum absolute atomic E-state index is 1.06. The van der Waals surface area contributed by atoms with E-state index in [0.717, 1.165) is 11.1 Å². The fourth-order valence-electron chi connectivity index (χ4n) is 1.20. The van der Waals surface area contributed by atoms with Crippen molar-refractivity contribution in [3.8, 4) is 0 Å². The van der Waals surface area contributed by atoms with Crippen LogP contribution in [0.2, 0.25) is 0 Å². The second-order valence-electron chi connectivity index (χ2n) is 3.22. The Balaban J connectivity index is 1.82. The Morgan fingerprint density at radius 2 is 1.19 bits per heavy atom. The summed E-state index contributed by atoms with van der Waals surface area (Å²) < 4.78 is 9.88. The molecule has 0 aliphatic rings. The van der Waals surface area contributed by atoms with Crippen LogP contribution in [0, 0.1) is 0 Å². The van der Waals surface area contributed by atoms with E-state index in [9.17, 15) is 0 Å². The molecule has 0 amide bonds. The quantitative estimate of drug-likeness (QED) is 0.711. The third-order valence-corrected chi connectivity index (χ3v) is 2.00. The van der Waals surface area contributed by atoms with E-state index in [1.165, 1.54) is 0 Å². The summed E-state index contributed by atoms with van der Waals surface area (Å²) in [5.41, 5.74) is 2.12. The van der Waals surface area contributed by atoms with E-state index < -0.39 is 0 Å². The van der Waals surface area contributed by atoms with Gasteiger partial charge in [-0.1, -0.05) is 36.5 Å². The van der Waals surface area contributed by atoms with Crippen molar-refractivity contribution in [1.29, 1.82) is 0 Å². The summed E-state index contributed by atoms with van der Waals surface area (Å²) in [7, 11) is 0. The van der Waals surface area contributed by atoms with Crippen molar-refractivity contribution >= 4 is 12.2 Å². The van der Waals surface area contributed by atoms with Crippen molar-refractivity contribution in [3.05, 3.63) is 72.6 Å². The second-order valence-corrected chi connectivity index (χ2v) is 3.22. The number of furan rings is 2. The predicted octanol–water partition coefficient (Wildman–Crippen LogP) is 4.16. The van der Waals surface area contributed by atoms with Crippen LogP contribution in [0.15, 0.2) is 70.3 Å². The van der Waals surface area contributed by atoms with E-state index in [4.69, 9.17) is 8.83 Å². The molecule has 0 aliphatic carbocycles. The molecule has 2 aromatic heterocycles. The first-order chi connectivity index (χ1) is 7.95. The van der Waals surface area contributed by atoms with Crippen LogP contribution in [0.3, 0.4) is 0 Å². The molecule has 2 rings (SSSR count). The summed E-state index contributed by atoms with van der Waals surface area (Å²) >= 11 is 0. The molecule has 0 bridgehead atoms. The Morgan fingerprint density at radius 1 is 0.688 bits per heavy atom. The molecule has 0 saturated carbocycles. The molecule has 0 saturated heterocycles. The van der Waals surface area contributed by atoms with Gasteiger partial charge in [0.1, 0.15) is 0 Å². The molecule has 2 heterocycles. The first-order valence-electron chi connectivity index (χ1n) is 5.01. The number of hydrogen-bond donors (Lipinski definition) is 0. The highest BCUT2D eigenvalue weighted by atomic mass is 16.3. The Labute approximate surface area is 94.2 Å². The van der Waals surface area contributed by atoms with Crippen LogP contribution >= 0.6 is 0 Å². The zero-order valence-electron chi connectivity index (χ0n) is 8.74. The van der Waals surface area contributed by atoms with Crippen molar-refractivity contribution in [2.75, 3.05) is 0 Å². The molecule has 0 spiro atoms. The van der Waals surface area contributed by atoms with Crippen molar-refractivity contribution in [2.24, 2.45) is 0 Å². The molecule has 0 aliphatic heterocycles. The zero-order chi connectivity index (χ0) is 11.1. The van der Waals surface area contributed by atoms with E-state index in [1.54, 1.807) is 25.1 Å². The molecular formula is C14H12O2. The number of hydrogen-bond acceptors (Lipinski definition) is 2. The summed E-state index contributed by atoms with van der Waals surface area (Å²) in [5.74, 6) is 0. The second kappa shape index (κ2) is 5.61. The molecular weight excluding hydrogens is 200 g/mol. The first kappa shape index (κ1) is 10.3. The Morgan fingerprint density at radius 3 is 1.56 bits per heavy atom. The third-order valence-electron chi connectivity index (χ3n) is 2.00. The molecule has 80 valence electrons. The summed E-state index contributed by atoms with van der Waals surface area (Å²) in [4.78, 5) is 0. The molecule has 2 aromatic rings. The van der Waals surface area contributed by atoms with Gasteiger partial charge < -0.3 is 8.83 Å². The van der Waals surface area contributed by atoms with E-state index in [1.807, 2.05) is 48.6 Å². The predicted molar refractivity (Wildman–Crippen MR) is 64.6 cm³/mol. The molecule has 0 aromatic carbocycles. The van der Waals surface area contributed by atoms with Crippen molar-refractivity contribution in [3.63, 3.8) is 0 Å². The standard InChI is InChI=1S/C14H12O2/c1(3-5-13-7-9-15-11-13)2-4-6-14-8-10-16-12-14/h1-12H/b2-1+,5-3-,6-4+. The molecule has 16 heavy (non-hydrogen) atoms. The van der Waals surface area contributed by atoms with Gasteiger partial charge in [0, 0.05) is 11.1 Å². The van der Waals surface area contributed by atoms with E-state index in [0.29, 0.717) is 0 Å². The van der Waals surface area contributed by atoms with Gasteiger partial charge in [0.15, 0.2) is 0 Å². The lowest BCUT2D eigenvalue weighted by atomic mass is 10.3. The molecule has 2 nitrogen and oxygen atoms in total. The fraction of sp³-hybridized carbons (Fsp3) is 0. The molecule has 0 radical (unpaired) electrons. The van der Waals surface area contributed by atoms with E-state index >= 15 is 0 Å². The lowest BCUT2D eigenvalue weighted by Gasteiger charge is -1.79. The minimum atomic E-state index is 1.06. The molecule has 0 atom stereocenters. The summed E-state index contributed by atoms with van der Waals surface area (Å²) in [5, 5.41) is 0. The Kier molecular flexibility index (Phi) is 3.61. The normalized spacial score (nSPS) is 12.2. The Hall–Kier alpha value is -2.22. The highest BCUT2D eigenvalue weighted by Crippen LogP contribution is 2.03. The fourth-order valence-corrected chi connectivity index (χ4v) is 1.20. The summed E-state index contributed by atoms with van der Waals surface area (Å²) in [6.07, 6.45) is 18.5. The molecule has 0 unspecified atom stereocenters. The van der Waals surface area contributed by atoms with Crippen LogP contribution in [0.4, 0.5) is 0 Å². The van der Waals surface area contributed by atoms with Gasteiger partial charge in [-0.05, 0) is 12.1 Å². The Bertz CT molecular complexity index is 425. The monoisotopic (exact) mass is 212 g/mol. The van der Waals surface area contributed by atoms with Gasteiger partial charge in [-0.3, -0.25) is 0 Å². The van der Waals surface area contributed by atoms with Crippen LogP contribution < -0.4 is 0 Å². The van der Waals surface area contributed by atoms with Gasteiger partial charge in [-0.2, -0.15) is 0 Å². The van der Waals surface area contributed by atoms with Crippen molar-refractivity contribution < 1.29 is 8.83 Å². The van der Waals surface area contributed by atoms with Gasteiger partial charge in [0.05, 0.1) is 25.1 Å². The number of allylic oxidation sites excluding steroid dienone is 4. The van der Waals surface area contributed by atoms with Crippen LogP contribution in [-0.4, -0.2) is 0 Å². The topological polar surface area (TPSA) is 26.3 Å². The minimum Gasteiger partial charge on any atom is -0.472 e. The van der Waals surface area contributed by atoms with Crippen LogP contribution in [0.1, 0.15) is 11.1 Å². The smallest absolute Gasteiger partial charge is 0.0974 e. The summed E-state index contributed by atoms with van der Waals surface area (Å²) in [6.45, 7) is 0. The number of rotatable bonds is 4. The lowest BCUT2D eigenvalue weighted by Crippen LogP contribution is -1.59. The zero-order valence-corrected chi connectivity index (χ0v) is 8.74. The SMILES string of the molecule is C(=C/c1ccoc1)/C=C/C=C/c1ccoc1. The first-order valence-corrected chi connectivity index (χ1v) is 5.01. The average Bonchev–Trinajstić information content (AvgIpc) is 2.96. The van der Waals surface area contributed by atoms with E-state index in [2.05, 4.69) is 0 Å². The van der Waals surface area contributed by atoms with Gasteiger partial charge in [0.25, 0.3) is 0 Å². The maximum Gasteiger partial charge on any atom is 0.0974 e. The highest BCUT2D eigenvalue weighted by Gasteiger charge is 1.84. The van der Waals surface area contributed by atoms with Crippen LogP contribution in [-0.2, 0) is 0 Å². The molecule has 2 heteroatoms. The van der Waals surface area contributed by atoms with Crippen LogP contribution in [0.25, 0.3) is 12.2 Å². The molecule has 0 N–H and O–H groups in total. The van der Waals surface area contributed by atoms with E-state index in [-0.39, 0.29) is 0 Å². The maximum atomic E-state index is 4.94. The largest absolute Gasteiger partial charge is 0.472 e. The van der Waals surface area contributed by atoms with Crippen LogP contribution in [0.5, 0.6) is 0 Å². The van der Waals surface area contributed by atoms with Gasteiger partial charge in [-0.15, -0.1) is 0 Å². The average molecular weight is 212 g/mol. The van der Waals surface area contributed by atoms with Gasteiger partial charge in [0.2, 0.25) is 0 Å². The van der Waals surface area contributed by atoms with Crippen molar-refractivity contribution in [2.45, 2.75) is 0 Å². The van der Waals surface area contributed by atoms with Crippen molar-refractivity contribution in [1.82, 2.24) is 0 Å². The highest BCUT2D eigenvalue weighted by molar-refractivity contribution is 5.51. The van der Waals surface area contributed by atoms with Gasteiger partial charge >= 0.3 is 0 Å². The van der Waals surface area contributed by atoms with Gasteiger partial charge in [-0.25, -0.2) is 0 Å². The maximum absolute atomic E-state index is 4.94. The third kappa shape index (κ3) is 3.17.